The number of hydrogen-bond acceptors (Lipinski definition) is 31. The minimum atomic E-state index is -1.27. The molecule has 1 amide bonds. The average molecular weight is 2110 g/mol. The van der Waals surface area contributed by atoms with Gasteiger partial charge in [-0.25, -0.2) is 14.4 Å². The van der Waals surface area contributed by atoms with Gasteiger partial charge in [-0.2, -0.15) is 0 Å². The first kappa shape index (κ1) is 108. The number of carbonyl (C=O) groups excluding carboxylic acids is 4. The molecule has 9 aliphatic rings. The van der Waals surface area contributed by atoms with Crippen LogP contribution in [-0.4, -0.2) is 225 Å². The summed E-state index contributed by atoms with van der Waals surface area (Å²) in [6, 6.07) is 32.9. The number of benzene rings is 2. The fourth-order valence-corrected chi connectivity index (χ4v) is 21.3. The van der Waals surface area contributed by atoms with E-state index in [0.29, 0.717) is 126 Å². The zero-order chi connectivity index (χ0) is 91.8. The number of aromatic nitrogens is 9. The second-order valence-corrected chi connectivity index (χ2v) is 43.2. The van der Waals surface area contributed by atoms with Crippen molar-refractivity contribution in [2.75, 3.05) is 82.8 Å². The molecule has 727 valence electrons. The van der Waals surface area contributed by atoms with Gasteiger partial charge in [-0.05, 0) is 160 Å². The van der Waals surface area contributed by atoms with Gasteiger partial charge in [0.2, 0.25) is 0 Å². The number of amides is 1. The molecule has 6 aliphatic carbocycles. The van der Waals surface area contributed by atoms with E-state index in [1.807, 2.05) is 11.8 Å². The Kier molecular flexibility index (Phi) is 51.2. The first-order valence-corrected chi connectivity index (χ1v) is 59.1. The van der Waals surface area contributed by atoms with Crippen LogP contribution in [0.1, 0.15) is 201 Å². The van der Waals surface area contributed by atoms with Crippen LogP contribution < -0.4 is 84.5 Å². The second-order valence-electron chi connectivity index (χ2n) is 33.9. The van der Waals surface area contributed by atoms with Gasteiger partial charge < -0.3 is 94.0 Å². The van der Waals surface area contributed by atoms with Crippen LogP contribution in [-0.2, 0) is 103 Å². The molecule has 12 atom stereocenters. The topological polar surface area (TPSA) is 388 Å². The predicted octanol–water partition coefficient (Wildman–Crippen LogP) is 11.4. The number of hydrogen-bond donors (Lipinski definition) is 14. The summed E-state index contributed by atoms with van der Waals surface area (Å²) < 4.78 is 10.8. The third-order valence-corrected chi connectivity index (χ3v) is 28.0. The summed E-state index contributed by atoms with van der Waals surface area (Å²) in [7, 11) is 28.8. The molecule has 0 radical (unpaired) electrons. The van der Waals surface area contributed by atoms with Crippen molar-refractivity contribution in [1.82, 2.24) is 114 Å². The van der Waals surface area contributed by atoms with Crippen LogP contribution in [0, 0.1) is 0 Å². The van der Waals surface area contributed by atoms with Crippen LogP contribution in [0.4, 0.5) is 4.79 Å². The van der Waals surface area contributed by atoms with E-state index in [2.05, 4.69) is 126 Å². The first-order chi connectivity index (χ1) is 64.3. The molecule has 8 heterocycles. The van der Waals surface area contributed by atoms with Gasteiger partial charge >= 0.3 is 124 Å². The Morgan fingerprint density at radius 1 is 0.382 bits per heavy atom. The Morgan fingerprint density at radius 3 is 0.947 bits per heavy atom. The summed E-state index contributed by atoms with van der Waals surface area (Å²) in [5.41, 5.74) is 14.2. The van der Waals surface area contributed by atoms with E-state index in [0.717, 1.165) is 139 Å². The van der Waals surface area contributed by atoms with Gasteiger partial charge in [-0.3, -0.25) is 19.7 Å². The first-order valence-electron chi connectivity index (χ1n) is 46.4. The number of pyridine rings is 3. The number of nitrogens with two attached hydrogens (primary N) is 1. The monoisotopic (exact) mass is 2110 g/mol. The summed E-state index contributed by atoms with van der Waals surface area (Å²) in [4.78, 5) is 79.2. The molecule has 15 N–H and O–H groups in total. The van der Waals surface area contributed by atoms with E-state index >= 15 is 0 Å². The molecule has 0 saturated heterocycles. The molecule has 6 fully saturated rings. The Balaban J connectivity index is 0.000000213. The Labute approximate surface area is 827 Å². The average Bonchev–Trinajstić information content (AvgIpc) is 1.65. The molecule has 131 heavy (non-hydrogen) atoms. The Morgan fingerprint density at radius 2 is 0.649 bits per heavy atom. The zero-order valence-electron chi connectivity index (χ0n) is 74.3. The van der Waals surface area contributed by atoms with E-state index in [-0.39, 0.29) is 58.6 Å². The SMILES string of the molecule is NCCSc1cc2nc(c1)CN[C@@H]1CCCC[C@H]1NCCN[C@@H]1CCCC[C@H]1NC2.O=C(CCCSc1cc2nc(c1)CN[C@@H]1CCCC[C@H]1NCCN[C@@H]1CCCC[C@H]1NC2)OCCOC(=O)NCCSc1cc2nc(c1)CN[C@@H]1CCCC[C@H]1NCCN[C@@H]1CCCC[C@H]1NC2.O=C(On1nnc2ccccc21)C(=O)On1nnc2ccccc21.[Cl][Mn][Cl].[Cl][Mn][Cl].[Cl][Mn][Cl]. The van der Waals surface area contributed by atoms with Crippen LogP contribution >= 0.6 is 95.9 Å². The van der Waals surface area contributed by atoms with Crippen molar-refractivity contribution in [3.63, 3.8) is 0 Å². The molecule has 6 bridgehead atoms. The number of rotatable bonds is 17. The summed E-state index contributed by atoms with van der Waals surface area (Å²) >= 11 is 5.36. The molecule has 5 aromatic heterocycles. The van der Waals surface area contributed by atoms with Crippen molar-refractivity contribution in [3.8, 4) is 0 Å². The van der Waals surface area contributed by atoms with Crippen molar-refractivity contribution in [1.29, 1.82) is 0 Å². The fraction of sp³-hybridized carbons (Fsp3) is 0.648. The third-order valence-electron chi connectivity index (χ3n) is 24.9. The van der Waals surface area contributed by atoms with Gasteiger partial charge in [0, 0.05) is 197 Å². The summed E-state index contributed by atoms with van der Waals surface area (Å²) in [6.45, 7) is 12.0. The number of carbonyl (C=O) groups is 4. The van der Waals surface area contributed by atoms with Gasteiger partial charge in [0.1, 0.15) is 35.3 Å². The number of thioether (sulfide) groups is 3. The van der Waals surface area contributed by atoms with Crippen molar-refractivity contribution in [2.24, 2.45) is 5.73 Å². The summed E-state index contributed by atoms with van der Waals surface area (Å²) in [5, 5.41) is 64.0. The number of nitrogens with zero attached hydrogens (tertiary/aromatic N) is 9. The molecule has 43 heteroatoms. The maximum atomic E-state index is 12.6. The van der Waals surface area contributed by atoms with Crippen LogP contribution in [0.3, 0.4) is 0 Å². The van der Waals surface area contributed by atoms with Gasteiger partial charge in [0.05, 0.1) is 34.2 Å². The molecule has 3 aliphatic heterocycles. The van der Waals surface area contributed by atoms with E-state index in [1.165, 1.54) is 164 Å². The van der Waals surface area contributed by atoms with Gasteiger partial charge in [0.25, 0.3) is 0 Å². The van der Waals surface area contributed by atoms with Crippen LogP contribution in [0.25, 0.3) is 22.1 Å². The van der Waals surface area contributed by atoms with Crippen LogP contribution in [0.2, 0.25) is 0 Å². The number of ether oxygens (including phenoxy) is 2. The molecule has 16 rings (SSSR count). The van der Waals surface area contributed by atoms with Crippen LogP contribution in [0.15, 0.2) is 99.6 Å². The van der Waals surface area contributed by atoms with E-state index < -0.39 is 18.0 Å². The maximum absolute atomic E-state index is 12.6. The van der Waals surface area contributed by atoms with Gasteiger partial charge in [-0.1, -0.05) is 111 Å². The fourth-order valence-electron chi connectivity index (χ4n) is 18.7. The van der Waals surface area contributed by atoms with E-state index in [4.69, 9.17) is 100 Å². The molecule has 0 unspecified atom stereocenters. The number of fused-ring (bicyclic) bond motifs is 14. The number of para-hydroxylation sites is 2. The van der Waals surface area contributed by atoms with Crippen molar-refractivity contribution in [2.45, 2.75) is 293 Å². The third kappa shape index (κ3) is 38.0. The Bertz CT molecular complexity index is 4150. The van der Waals surface area contributed by atoms with E-state index in [1.54, 1.807) is 72.1 Å². The molecular formula is C88H131Cl6Mn3N23O8S3. The number of halogens is 6. The van der Waals surface area contributed by atoms with Crippen molar-refractivity contribution >= 4 is 142 Å². The molecule has 2 aromatic carbocycles. The standard InChI is InChI=1S/C51H83N11O4S2.C23H40N6S.C14H8N6O4.6ClH.3Mn/c63-50(18-9-26-67-40-28-36-32-57-46-14-5-1-10-42(46)52-19-20-53-43-11-2-6-15-47(43)58-33-37(29-40)61-36)65-24-25-66-51(64)56-23-27-68-41-30-38-34-59-48-16-7-3-12-44(48)54-21-22-55-45-13-4-8-17-49(45)60-35-39(31-41)62-38;24-9-12-30-19-13-17-15-27-22-7-3-1-5-20(22)25-10-11-26-21-6-2-4-8-23(21)28-16-18(14-19)29-17;21-13(23-19-11-7-3-1-5-9(11)15-17-19)14(22)24-20-12-8-4-2-6-10(12)16-18-20;;;;;;;;;/h28-31,42-49,52-55,57-60H,1-27,32-35H2,(H,56,64);13-14,20-23,25-28H,1-12,15-16,24H2;1-8H;6*1H;;;/q;;;;;;;;;3*+2/p-6/t42-,43-,44-,45-,46-,47-,48-,49-;20-,21-,22-,23-;;;;;;;;;;/m11........../s1. The van der Waals surface area contributed by atoms with Gasteiger partial charge in [-0.15, -0.1) is 45.5 Å². The second kappa shape index (κ2) is 62.3. The summed E-state index contributed by atoms with van der Waals surface area (Å²) in [5.74, 6) is -0.373. The minimum absolute atomic E-state index is 0.00694. The normalized spacial score (nSPS) is 24.5. The molecule has 31 nitrogen and oxygen atoms in total. The molecule has 6 saturated carbocycles. The number of esters is 1. The van der Waals surface area contributed by atoms with Crippen molar-refractivity contribution in [3.05, 3.63) is 119 Å². The van der Waals surface area contributed by atoms with Crippen molar-refractivity contribution < 1.29 is 77.7 Å². The van der Waals surface area contributed by atoms with Gasteiger partial charge in [0.15, 0.2) is 0 Å². The van der Waals surface area contributed by atoms with E-state index in [9.17, 15) is 19.2 Å². The summed E-state index contributed by atoms with van der Waals surface area (Å²) in [6.07, 6.45) is 30.7. The molecule has 0 spiro atoms. The molecule has 7 aromatic rings. The predicted molar refractivity (Wildman–Crippen MR) is 512 cm³/mol. The van der Waals surface area contributed by atoms with Crippen LogP contribution in [0.5, 0.6) is 0 Å². The quantitative estimate of drug-likeness (QED) is 0.0101. The zero-order valence-corrected chi connectivity index (χ0v) is 84.9. The number of alkyl carbamates (subject to hydrolysis) is 1. The molecular weight excluding hydrogens is 1980 g/mol. The number of nitrogens with one attached hydrogen (secondary N) is 13. The Hall–Kier alpha value is -3.80.